The minimum absolute atomic E-state index is 0.698. The van der Waals surface area contributed by atoms with E-state index >= 15 is 0 Å². The predicted octanol–water partition coefficient (Wildman–Crippen LogP) is 6.81. The molecule has 3 nitrogen and oxygen atoms in total. The van der Waals surface area contributed by atoms with Gasteiger partial charge >= 0.3 is 189 Å². The Balaban J connectivity index is 2.15. The Morgan fingerprint density at radius 1 is 0.742 bits per heavy atom. The van der Waals surface area contributed by atoms with Gasteiger partial charge in [0.25, 0.3) is 0 Å². The molecule has 0 bridgehead atoms. The number of alkyl halides is 3. The summed E-state index contributed by atoms with van der Waals surface area (Å²) in [6.07, 6.45) is -4.81. The third-order valence-electron chi connectivity index (χ3n) is 4.94. The van der Waals surface area contributed by atoms with Gasteiger partial charge in [0.1, 0.15) is 0 Å². The molecule has 0 N–H and O–H groups in total. The molecule has 8 heteroatoms. The zero-order chi connectivity index (χ0) is 23.0. The van der Waals surface area contributed by atoms with Gasteiger partial charge in [-0.15, -0.1) is 0 Å². The van der Waals surface area contributed by atoms with Crippen LogP contribution in [0.15, 0.2) is 65.6 Å². The van der Waals surface area contributed by atoms with Crippen molar-refractivity contribution in [2.75, 3.05) is 0 Å². The first-order valence-electron chi connectivity index (χ1n) is 9.36. The number of halogens is 4. The molecular weight excluding hydrogens is 540 g/mol. The summed E-state index contributed by atoms with van der Waals surface area (Å²) >= 11 is -3.10. The standard InChI is InChI=1S/C23H22F3IO3S/c1-15-9-11-19(13-17(15)3)27(20-12-10-16(2)18(4)14-20)30-31(28,29)22-8-6-5-7-21(22)23(24,25)26/h5-14H,1-4H3. The van der Waals surface area contributed by atoms with Gasteiger partial charge in [-0.2, -0.15) is 0 Å². The van der Waals surface area contributed by atoms with Crippen molar-refractivity contribution in [3.05, 3.63) is 95.6 Å². The van der Waals surface area contributed by atoms with Gasteiger partial charge in [-0.05, 0) is 0 Å². The van der Waals surface area contributed by atoms with Crippen LogP contribution in [-0.2, 0) is 18.8 Å². The molecule has 0 radical (unpaired) electrons. The van der Waals surface area contributed by atoms with Gasteiger partial charge in [0.2, 0.25) is 0 Å². The molecule has 0 aliphatic carbocycles. The topological polar surface area (TPSA) is 43.4 Å². The zero-order valence-corrected chi connectivity index (χ0v) is 20.4. The number of benzene rings is 3. The Morgan fingerprint density at radius 3 is 1.68 bits per heavy atom. The second-order valence-corrected chi connectivity index (χ2v) is 13.7. The number of rotatable bonds is 5. The van der Waals surface area contributed by atoms with Crippen molar-refractivity contribution in [2.45, 2.75) is 38.8 Å². The molecule has 3 aromatic carbocycles. The van der Waals surface area contributed by atoms with E-state index in [-0.39, 0.29) is 0 Å². The zero-order valence-electron chi connectivity index (χ0n) is 17.4. The van der Waals surface area contributed by atoms with Gasteiger partial charge in [-0.1, -0.05) is 0 Å². The number of hydrogen-bond donors (Lipinski definition) is 0. The van der Waals surface area contributed by atoms with Crippen LogP contribution in [0, 0.1) is 34.8 Å². The van der Waals surface area contributed by atoms with Crippen molar-refractivity contribution in [3.8, 4) is 0 Å². The van der Waals surface area contributed by atoms with Crippen molar-refractivity contribution in [1.82, 2.24) is 0 Å². The molecule has 0 saturated heterocycles. The average Bonchev–Trinajstić information content (AvgIpc) is 2.70. The minimum atomic E-state index is -4.81. The first kappa shape index (κ1) is 23.7. The maximum atomic E-state index is 13.4. The predicted molar refractivity (Wildman–Crippen MR) is 123 cm³/mol. The van der Waals surface area contributed by atoms with Crippen molar-refractivity contribution < 1.29 is 24.1 Å². The van der Waals surface area contributed by atoms with Crippen molar-refractivity contribution in [1.29, 1.82) is 0 Å². The first-order valence-corrected chi connectivity index (χ1v) is 13.8. The molecule has 0 fully saturated rings. The van der Waals surface area contributed by atoms with Gasteiger partial charge in [-0.3, -0.25) is 0 Å². The van der Waals surface area contributed by atoms with Crippen LogP contribution in [-0.4, -0.2) is 8.42 Å². The van der Waals surface area contributed by atoms with E-state index in [2.05, 4.69) is 0 Å². The fraction of sp³-hybridized carbons (Fsp3) is 0.217. The van der Waals surface area contributed by atoms with Crippen molar-refractivity contribution >= 4 is 30.4 Å². The summed E-state index contributed by atoms with van der Waals surface area (Å²) < 4.78 is 73.5. The van der Waals surface area contributed by atoms with Crippen molar-refractivity contribution in [2.24, 2.45) is 0 Å². The summed E-state index contributed by atoms with van der Waals surface area (Å²) in [5.41, 5.74) is 2.75. The monoisotopic (exact) mass is 562 g/mol. The third-order valence-corrected chi connectivity index (χ3v) is 12.2. The van der Waals surface area contributed by atoms with E-state index in [1.54, 1.807) is 12.1 Å². The van der Waals surface area contributed by atoms with E-state index in [1.165, 1.54) is 6.07 Å². The van der Waals surface area contributed by atoms with E-state index < -0.39 is 47.0 Å². The molecule has 0 saturated carbocycles. The van der Waals surface area contributed by atoms with Gasteiger partial charge in [0, 0.05) is 0 Å². The van der Waals surface area contributed by atoms with E-state index in [9.17, 15) is 21.6 Å². The summed E-state index contributed by atoms with van der Waals surface area (Å²) in [7, 11) is -4.67. The molecule has 0 heterocycles. The van der Waals surface area contributed by atoms with Crippen LogP contribution in [0.3, 0.4) is 0 Å². The molecule has 3 aromatic rings. The molecule has 31 heavy (non-hydrogen) atoms. The molecule has 0 amide bonds. The van der Waals surface area contributed by atoms with Crippen LogP contribution in [0.5, 0.6) is 0 Å². The van der Waals surface area contributed by atoms with Gasteiger partial charge in [0.15, 0.2) is 0 Å². The van der Waals surface area contributed by atoms with Crippen LogP contribution in [0.4, 0.5) is 13.2 Å². The normalized spacial score (nSPS) is 12.7. The summed E-state index contributed by atoms with van der Waals surface area (Å²) in [5.74, 6) is 0. The van der Waals surface area contributed by atoms with E-state index in [0.717, 1.165) is 40.5 Å². The molecule has 0 atom stereocenters. The number of aryl methyl sites for hydroxylation is 4. The van der Waals surface area contributed by atoms with E-state index in [4.69, 9.17) is 2.51 Å². The van der Waals surface area contributed by atoms with Gasteiger partial charge in [0.05, 0.1) is 0 Å². The van der Waals surface area contributed by atoms with E-state index in [0.29, 0.717) is 7.14 Å². The Bertz CT molecular complexity index is 1170. The van der Waals surface area contributed by atoms with Crippen molar-refractivity contribution in [3.63, 3.8) is 0 Å². The second-order valence-electron chi connectivity index (χ2n) is 7.22. The SMILES string of the molecule is Cc1ccc(I(OS(=O)(=O)c2ccccc2C(F)(F)F)c2ccc(C)c(C)c2)cc1C. The Morgan fingerprint density at radius 2 is 1.23 bits per heavy atom. The van der Waals surface area contributed by atoms with Gasteiger partial charge < -0.3 is 0 Å². The molecule has 166 valence electrons. The Labute approximate surface area is 188 Å². The fourth-order valence-corrected chi connectivity index (χ4v) is 10.4. The second kappa shape index (κ2) is 8.91. The summed E-state index contributed by atoms with van der Waals surface area (Å²) in [5, 5.41) is 0. The summed E-state index contributed by atoms with van der Waals surface area (Å²) in [6, 6.07) is 15.2. The van der Waals surface area contributed by atoms with E-state index in [1.807, 2.05) is 52.0 Å². The fourth-order valence-electron chi connectivity index (χ4n) is 2.86. The molecule has 3 rings (SSSR count). The molecular formula is C23H22F3IO3S. The molecule has 0 aliphatic rings. The Kier molecular flexibility index (Phi) is 6.83. The first-order chi connectivity index (χ1) is 14.4. The van der Waals surface area contributed by atoms with Crippen LogP contribution in [0.2, 0.25) is 0 Å². The van der Waals surface area contributed by atoms with Crippen LogP contribution in [0.25, 0.3) is 0 Å². The third kappa shape index (κ3) is 5.30. The molecule has 0 unspecified atom stereocenters. The maximum absolute atomic E-state index is 13.4. The Hall–Kier alpha value is -1.91. The van der Waals surface area contributed by atoms with Crippen LogP contribution >= 0.6 is 20.2 Å². The van der Waals surface area contributed by atoms with Crippen LogP contribution < -0.4 is 0 Å². The summed E-state index contributed by atoms with van der Waals surface area (Å²) in [4.78, 5) is -0.863. The van der Waals surface area contributed by atoms with Gasteiger partial charge in [-0.25, -0.2) is 0 Å². The molecule has 0 aromatic heterocycles. The summed E-state index contributed by atoms with van der Waals surface area (Å²) in [6.45, 7) is 7.68. The average molecular weight is 562 g/mol. The molecule has 0 aliphatic heterocycles. The number of hydrogen-bond acceptors (Lipinski definition) is 3. The van der Waals surface area contributed by atoms with Crippen LogP contribution in [0.1, 0.15) is 27.8 Å². The quantitative estimate of drug-likeness (QED) is 0.321. The molecule has 0 spiro atoms.